The zero-order valence-electron chi connectivity index (χ0n) is 14.0. The number of nitrogens with one attached hydrogen (secondary N) is 1. The SMILES string of the molecule is COc1ccccc1COc1ccc(C2=NCCCN2)cc1OC. The summed E-state index contributed by atoms with van der Waals surface area (Å²) >= 11 is 0. The van der Waals surface area contributed by atoms with E-state index in [4.69, 9.17) is 14.2 Å². The molecule has 5 nitrogen and oxygen atoms in total. The summed E-state index contributed by atoms with van der Waals surface area (Å²) in [5.41, 5.74) is 2.00. The summed E-state index contributed by atoms with van der Waals surface area (Å²) in [5, 5.41) is 3.32. The van der Waals surface area contributed by atoms with Crippen molar-refractivity contribution >= 4 is 5.84 Å². The fourth-order valence-electron chi connectivity index (χ4n) is 2.64. The van der Waals surface area contributed by atoms with Gasteiger partial charge in [0.2, 0.25) is 0 Å². The van der Waals surface area contributed by atoms with E-state index < -0.39 is 0 Å². The number of benzene rings is 2. The number of rotatable bonds is 6. The molecule has 0 bridgehead atoms. The van der Waals surface area contributed by atoms with Crippen LogP contribution < -0.4 is 19.5 Å². The fourth-order valence-corrected chi connectivity index (χ4v) is 2.64. The van der Waals surface area contributed by atoms with Crippen LogP contribution in [-0.4, -0.2) is 33.1 Å². The van der Waals surface area contributed by atoms with Crippen LogP contribution in [0.15, 0.2) is 47.5 Å². The highest BCUT2D eigenvalue weighted by atomic mass is 16.5. The zero-order valence-corrected chi connectivity index (χ0v) is 14.0. The molecule has 1 aliphatic rings. The molecule has 0 radical (unpaired) electrons. The number of methoxy groups -OCH3 is 2. The molecular formula is C19H22N2O3. The van der Waals surface area contributed by atoms with Gasteiger partial charge in [0.05, 0.1) is 14.2 Å². The molecule has 0 aliphatic carbocycles. The fraction of sp³-hybridized carbons (Fsp3) is 0.316. The van der Waals surface area contributed by atoms with E-state index in [0.717, 1.165) is 42.2 Å². The van der Waals surface area contributed by atoms with Crippen LogP contribution in [0.3, 0.4) is 0 Å². The standard InChI is InChI=1S/C19H22N2O3/c1-22-16-7-4-3-6-15(16)13-24-17-9-8-14(12-18(17)23-2)19-20-10-5-11-21-19/h3-4,6-9,12H,5,10-11,13H2,1-2H3,(H,20,21). The van der Waals surface area contributed by atoms with Crippen molar-refractivity contribution in [3.63, 3.8) is 0 Å². The quantitative estimate of drug-likeness (QED) is 0.886. The molecule has 0 atom stereocenters. The molecular weight excluding hydrogens is 304 g/mol. The average molecular weight is 326 g/mol. The maximum Gasteiger partial charge on any atom is 0.161 e. The van der Waals surface area contributed by atoms with E-state index in [1.807, 2.05) is 42.5 Å². The maximum atomic E-state index is 5.93. The van der Waals surface area contributed by atoms with Gasteiger partial charge in [0.1, 0.15) is 18.2 Å². The minimum absolute atomic E-state index is 0.416. The summed E-state index contributed by atoms with van der Waals surface area (Å²) in [5.74, 6) is 3.12. The van der Waals surface area contributed by atoms with Crippen molar-refractivity contribution in [3.05, 3.63) is 53.6 Å². The summed E-state index contributed by atoms with van der Waals surface area (Å²) in [6, 6.07) is 13.7. The summed E-state index contributed by atoms with van der Waals surface area (Å²) in [6.07, 6.45) is 1.07. The first-order valence-electron chi connectivity index (χ1n) is 8.03. The number of nitrogens with zero attached hydrogens (tertiary/aromatic N) is 1. The van der Waals surface area contributed by atoms with E-state index in [-0.39, 0.29) is 0 Å². The molecule has 0 amide bonds. The number of ether oxygens (including phenoxy) is 3. The minimum Gasteiger partial charge on any atom is -0.496 e. The van der Waals surface area contributed by atoms with Gasteiger partial charge in [-0.3, -0.25) is 4.99 Å². The lowest BCUT2D eigenvalue weighted by Crippen LogP contribution is -2.30. The Morgan fingerprint density at radius 2 is 1.83 bits per heavy atom. The van der Waals surface area contributed by atoms with Crippen molar-refractivity contribution in [2.45, 2.75) is 13.0 Å². The molecule has 5 heteroatoms. The molecule has 1 heterocycles. The topological polar surface area (TPSA) is 52.1 Å². The van der Waals surface area contributed by atoms with E-state index in [2.05, 4.69) is 10.3 Å². The van der Waals surface area contributed by atoms with Gasteiger partial charge < -0.3 is 19.5 Å². The number of hydrogen-bond acceptors (Lipinski definition) is 5. The first kappa shape index (κ1) is 16.2. The molecule has 2 aromatic carbocycles. The van der Waals surface area contributed by atoms with Gasteiger partial charge >= 0.3 is 0 Å². The summed E-state index contributed by atoms with van der Waals surface area (Å²) in [6.45, 7) is 2.23. The van der Waals surface area contributed by atoms with Crippen LogP contribution in [0.1, 0.15) is 17.5 Å². The van der Waals surface area contributed by atoms with Crippen LogP contribution in [0, 0.1) is 0 Å². The Bertz CT molecular complexity index is 728. The smallest absolute Gasteiger partial charge is 0.161 e. The first-order valence-corrected chi connectivity index (χ1v) is 8.03. The van der Waals surface area contributed by atoms with Crippen LogP contribution in [0.2, 0.25) is 0 Å². The highest BCUT2D eigenvalue weighted by molar-refractivity contribution is 5.99. The Morgan fingerprint density at radius 3 is 2.58 bits per heavy atom. The largest absolute Gasteiger partial charge is 0.496 e. The summed E-state index contributed by atoms with van der Waals surface area (Å²) < 4.78 is 16.8. The molecule has 1 N–H and O–H groups in total. The highest BCUT2D eigenvalue weighted by Crippen LogP contribution is 2.30. The molecule has 0 aromatic heterocycles. The average Bonchev–Trinajstić information content (AvgIpc) is 2.67. The van der Waals surface area contributed by atoms with Crippen molar-refractivity contribution in [1.82, 2.24) is 5.32 Å². The molecule has 0 fully saturated rings. The summed E-state index contributed by atoms with van der Waals surface area (Å²) in [7, 11) is 3.30. The Labute approximate surface area is 142 Å². The van der Waals surface area contributed by atoms with E-state index >= 15 is 0 Å². The lowest BCUT2D eigenvalue weighted by Gasteiger charge is -2.17. The van der Waals surface area contributed by atoms with Gasteiger partial charge in [-0.25, -0.2) is 0 Å². The Morgan fingerprint density at radius 1 is 1.00 bits per heavy atom. The predicted octanol–water partition coefficient (Wildman–Crippen LogP) is 3.02. The monoisotopic (exact) mass is 326 g/mol. The molecule has 0 spiro atoms. The number of hydrogen-bond donors (Lipinski definition) is 1. The third-order valence-electron chi connectivity index (χ3n) is 3.91. The van der Waals surface area contributed by atoms with E-state index in [9.17, 15) is 0 Å². The molecule has 0 saturated carbocycles. The highest BCUT2D eigenvalue weighted by Gasteiger charge is 2.12. The van der Waals surface area contributed by atoms with Crippen LogP contribution in [-0.2, 0) is 6.61 Å². The van der Waals surface area contributed by atoms with Crippen LogP contribution >= 0.6 is 0 Å². The summed E-state index contributed by atoms with van der Waals surface area (Å²) in [4.78, 5) is 4.51. The van der Waals surface area contributed by atoms with Gasteiger partial charge in [-0.15, -0.1) is 0 Å². The van der Waals surface area contributed by atoms with Gasteiger partial charge in [-0.1, -0.05) is 18.2 Å². The first-order chi connectivity index (χ1) is 11.8. The van der Waals surface area contributed by atoms with Gasteiger partial charge in [0.15, 0.2) is 11.5 Å². The Kier molecular flexibility index (Phi) is 5.21. The molecule has 2 aromatic rings. The number of para-hydroxylation sites is 1. The lowest BCUT2D eigenvalue weighted by atomic mass is 10.1. The lowest BCUT2D eigenvalue weighted by molar-refractivity contribution is 0.278. The molecule has 3 rings (SSSR count). The van der Waals surface area contributed by atoms with Gasteiger partial charge in [0, 0.05) is 24.2 Å². The van der Waals surface area contributed by atoms with Crippen LogP contribution in [0.5, 0.6) is 17.2 Å². The second-order valence-electron chi connectivity index (χ2n) is 5.48. The van der Waals surface area contributed by atoms with Crippen LogP contribution in [0.4, 0.5) is 0 Å². The van der Waals surface area contributed by atoms with Gasteiger partial charge in [-0.05, 0) is 30.7 Å². The maximum absolute atomic E-state index is 5.93. The predicted molar refractivity (Wildman–Crippen MR) is 94.3 cm³/mol. The second kappa shape index (κ2) is 7.73. The molecule has 126 valence electrons. The van der Waals surface area contributed by atoms with E-state index in [1.165, 1.54) is 0 Å². The third kappa shape index (κ3) is 3.62. The van der Waals surface area contributed by atoms with E-state index in [1.54, 1.807) is 14.2 Å². The normalized spacial score (nSPS) is 13.7. The van der Waals surface area contributed by atoms with Crippen molar-refractivity contribution in [2.75, 3.05) is 27.3 Å². The number of amidine groups is 1. The van der Waals surface area contributed by atoms with E-state index in [0.29, 0.717) is 18.1 Å². The van der Waals surface area contributed by atoms with Crippen molar-refractivity contribution in [2.24, 2.45) is 4.99 Å². The minimum atomic E-state index is 0.416. The van der Waals surface area contributed by atoms with Crippen molar-refractivity contribution in [3.8, 4) is 17.2 Å². The van der Waals surface area contributed by atoms with Gasteiger partial charge in [-0.2, -0.15) is 0 Å². The number of aliphatic imine (C=N–C) groups is 1. The Balaban J connectivity index is 1.77. The second-order valence-corrected chi connectivity index (χ2v) is 5.48. The van der Waals surface area contributed by atoms with Crippen molar-refractivity contribution < 1.29 is 14.2 Å². The third-order valence-corrected chi connectivity index (χ3v) is 3.91. The molecule has 24 heavy (non-hydrogen) atoms. The molecule has 0 saturated heterocycles. The molecule has 1 aliphatic heterocycles. The van der Waals surface area contributed by atoms with Crippen LogP contribution in [0.25, 0.3) is 0 Å². The molecule has 0 unspecified atom stereocenters. The van der Waals surface area contributed by atoms with Crippen molar-refractivity contribution in [1.29, 1.82) is 0 Å². The Hall–Kier alpha value is -2.69. The zero-order chi connectivity index (χ0) is 16.8. The van der Waals surface area contributed by atoms with Gasteiger partial charge in [0.25, 0.3) is 0 Å².